The summed E-state index contributed by atoms with van der Waals surface area (Å²) in [7, 11) is 4.44. The minimum atomic E-state index is -0.757. The van der Waals surface area contributed by atoms with Crippen LogP contribution < -0.4 is 29.8 Å². The summed E-state index contributed by atoms with van der Waals surface area (Å²) >= 11 is 0. The van der Waals surface area contributed by atoms with Crippen LogP contribution in [0.2, 0.25) is 0 Å². The number of aryl methyl sites for hydroxylation is 1. The molecule has 0 spiro atoms. The van der Waals surface area contributed by atoms with Crippen LogP contribution in [0.1, 0.15) is 40.5 Å². The summed E-state index contributed by atoms with van der Waals surface area (Å²) in [5.74, 6) is 0.289. The standard InChI is InChI=1S/C31H27FN6O6/c1-16-11-26(42-3)34-15-22(16)38-28(17-5-6-17)35-14-19(31(38)40)29(39)36-18-7-8-23(20(32)12-18)44-24-9-10-33-21-13-25(41-2)30(43-4)37-27(21)24/h7-15,17H,5-6H2,1-4H3,(H,36,39). The summed E-state index contributed by atoms with van der Waals surface area (Å²) in [6, 6.07) is 8.79. The van der Waals surface area contributed by atoms with E-state index in [9.17, 15) is 9.59 Å². The molecule has 1 aliphatic rings. The number of nitrogens with one attached hydrogen (secondary N) is 1. The Morgan fingerprint density at radius 1 is 0.955 bits per heavy atom. The number of nitrogens with zero attached hydrogens (tertiary/aromatic N) is 5. The van der Waals surface area contributed by atoms with Crippen molar-refractivity contribution in [3.05, 3.63) is 88.1 Å². The Balaban J connectivity index is 1.27. The predicted octanol–water partition coefficient (Wildman–Crippen LogP) is 4.97. The number of halogens is 1. The molecule has 0 aliphatic heterocycles. The number of rotatable bonds is 9. The van der Waals surface area contributed by atoms with Gasteiger partial charge in [0.15, 0.2) is 23.1 Å². The Kier molecular flexibility index (Phi) is 7.51. The first-order chi connectivity index (χ1) is 21.3. The summed E-state index contributed by atoms with van der Waals surface area (Å²) in [5, 5.41) is 2.59. The third-order valence-corrected chi connectivity index (χ3v) is 7.11. The van der Waals surface area contributed by atoms with Gasteiger partial charge in [-0.1, -0.05) is 0 Å². The van der Waals surface area contributed by atoms with Gasteiger partial charge in [0.1, 0.15) is 16.9 Å². The Morgan fingerprint density at radius 2 is 1.77 bits per heavy atom. The van der Waals surface area contributed by atoms with E-state index in [0.717, 1.165) is 24.5 Å². The predicted molar refractivity (Wildman–Crippen MR) is 158 cm³/mol. The average Bonchev–Trinajstić information content (AvgIpc) is 3.87. The van der Waals surface area contributed by atoms with Crippen molar-refractivity contribution in [3.8, 4) is 34.7 Å². The summed E-state index contributed by atoms with van der Waals surface area (Å²) in [5.41, 5.74) is 1.38. The summed E-state index contributed by atoms with van der Waals surface area (Å²) in [6.07, 6.45) is 6.05. The number of aromatic nitrogens is 5. The molecule has 1 aromatic carbocycles. The van der Waals surface area contributed by atoms with Gasteiger partial charge in [0, 0.05) is 48.3 Å². The SMILES string of the molecule is COc1cc(C)c(-n2c(C3CC3)ncc(C(=O)Nc3ccc(Oc4ccnc5cc(OC)c(OC)nc45)c(F)c3)c2=O)cn1. The van der Waals surface area contributed by atoms with E-state index in [0.29, 0.717) is 34.2 Å². The van der Waals surface area contributed by atoms with Crippen LogP contribution >= 0.6 is 0 Å². The van der Waals surface area contributed by atoms with Gasteiger partial charge in [-0.2, -0.15) is 0 Å². The van der Waals surface area contributed by atoms with Crippen molar-refractivity contribution >= 4 is 22.6 Å². The zero-order valence-corrected chi connectivity index (χ0v) is 24.3. The molecule has 4 aromatic heterocycles. The molecule has 0 bridgehead atoms. The van der Waals surface area contributed by atoms with Crippen molar-refractivity contribution in [2.24, 2.45) is 0 Å². The molecule has 1 fully saturated rings. The Bertz CT molecular complexity index is 1980. The number of methoxy groups -OCH3 is 3. The fourth-order valence-electron chi connectivity index (χ4n) is 4.72. The first-order valence-corrected chi connectivity index (χ1v) is 13.6. The van der Waals surface area contributed by atoms with Crippen LogP contribution in [0.15, 0.2) is 59.8 Å². The molecule has 5 aromatic rings. The lowest BCUT2D eigenvalue weighted by molar-refractivity contribution is 0.102. The van der Waals surface area contributed by atoms with Crippen LogP contribution in [-0.4, -0.2) is 51.7 Å². The van der Waals surface area contributed by atoms with Crippen molar-refractivity contribution in [1.29, 1.82) is 0 Å². The zero-order valence-electron chi connectivity index (χ0n) is 24.3. The minimum Gasteiger partial charge on any atom is -0.491 e. The van der Waals surface area contributed by atoms with E-state index >= 15 is 4.39 Å². The molecule has 224 valence electrons. The van der Waals surface area contributed by atoms with Gasteiger partial charge in [-0.25, -0.2) is 19.3 Å². The second-order valence-electron chi connectivity index (χ2n) is 10.0. The molecule has 6 rings (SSSR count). The first kappa shape index (κ1) is 28.5. The van der Waals surface area contributed by atoms with Crippen molar-refractivity contribution < 1.29 is 28.1 Å². The highest BCUT2D eigenvalue weighted by Gasteiger charge is 2.31. The monoisotopic (exact) mass is 598 g/mol. The van der Waals surface area contributed by atoms with Gasteiger partial charge in [-0.05, 0) is 37.5 Å². The number of hydrogen-bond donors (Lipinski definition) is 1. The van der Waals surface area contributed by atoms with E-state index < -0.39 is 17.3 Å². The van der Waals surface area contributed by atoms with Gasteiger partial charge in [0.25, 0.3) is 17.3 Å². The van der Waals surface area contributed by atoms with Crippen LogP contribution in [0.4, 0.5) is 10.1 Å². The van der Waals surface area contributed by atoms with Crippen LogP contribution in [0.25, 0.3) is 16.7 Å². The van der Waals surface area contributed by atoms with E-state index in [-0.39, 0.29) is 34.5 Å². The lowest BCUT2D eigenvalue weighted by Gasteiger charge is -2.16. The van der Waals surface area contributed by atoms with E-state index in [4.69, 9.17) is 18.9 Å². The highest BCUT2D eigenvalue weighted by molar-refractivity contribution is 6.04. The van der Waals surface area contributed by atoms with E-state index in [2.05, 4.69) is 25.3 Å². The molecule has 13 heteroatoms. The molecule has 1 amide bonds. The molecule has 44 heavy (non-hydrogen) atoms. The molecule has 0 radical (unpaired) electrons. The van der Waals surface area contributed by atoms with Gasteiger partial charge in [-0.3, -0.25) is 19.1 Å². The Hall–Kier alpha value is -5.59. The lowest BCUT2D eigenvalue weighted by atomic mass is 10.2. The van der Waals surface area contributed by atoms with Gasteiger partial charge in [0.2, 0.25) is 5.88 Å². The number of pyridine rings is 3. The van der Waals surface area contributed by atoms with Crippen LogP contribution in [0, 0.1) is 12.7 Å². The second kappa shape index (κ2) is 11.6. The molecule has 0 unspecified atom stereocenters. The van der Waals surface area contributed by atoms with Crippen molar-refractivity contribution in [2.75, 3.05) is 26.6 Å². The summed E-state index contributed by atoms with van der Waals surface area (Å²) < 4.78 is 38.2. The normalized spacial score (nSPS) is 12.6. The number of carbonyl (C=O) groups is 1. The molecule has 0 saturated heterocycles. The smallest absolute Gasteiger partial charge is 0.271 e. The second-order valence-corrected chi connectivity index (χ2v) is 10.0. The molecule has 1 N–H and O–H groups in total. The number of fused-ring (bicyclic) bond motifs is 1. The van der Waals surface area contributed by atoms with E-state index in [1.807, 2.05) is 6.92 Å². The highest BCUT2D eigenvalue weighted by Crippen LogP contribution is 2.39. The topological polar surface area (TPSA) is 140 Å². The van der Waals surface area contributed by atoms with E-state index in [1.54, 1.807) is 18.2 Å². The van der Waals surface area contributed by atoms with Crippen molar-refractivity contribution in [3.63, 3.8) is 0 Å². The summed E-state index contributed by atoms with van der Waals surface area (Å²) in [6.45, 7) is 1.82. The quantitative estimate of drug-likeness (QED) is 0.247. The maximum atomic E-state index is 15.2. The van der Waals surface area contributed by atoms with Crippen molar-refractivity contribution in [1.82, 2.24) is 24.5 Å². The van der Waals surface area contributed by atoms with Crippen LogP contribution in [-0.2, 0) is 0 Å². The van der Waals surface area contributed by atoms with Gasteiger partial charge >= 0.3 is 0 Å². The highest BCUT2D eigenvalue weighted by atomic mass is 19.1. The molecule has 0 atom stereocenters. The lowest BCUT2D eigenvalue weighted by Crippen LogP contribution is -2.31. The molecule has 1 aliphatic carbocycles. The van der Waals surface area contributed by atoms with Gasteiger partial charge < -0.3 is 24.3 Å². The number of ether oxygens (including phenoxy) is 4. The van der Waals surface area contributed by atoms with Crippen LogP contribution in [0.5, 0.6) is 29.0 Å². The molecular weight excluding hydrogens is 571 g/mol. The molecular formula is C31H27FN6O6. The van der Waals surface area contributed by atoms with Gasteiger partial charge in [0.05, 0.1) is 38.7 Å². The number of carbonyl (C=O) groups excluding carboxylic acids is 1. The minimum absolute atomic E-state index is 0.110. The zero-order chi connectivity index (χ0) is 31.0. The maximum Gasteiger partial charge on any atom is 0.271 e. The third-order valence-electron chi connectivity index (χ3n) is 7.11. The Morgan fingerprint density at radius 3 is 2.45 bits per heavy atom. The number of hydrogen-bond acceptors (Lipinski definition) is 10. The number of amides is 1. The number of anilines is 1. The van der Waals surface area contributed by atoms with Crippen molar-refractivity contribution in [2.45, 2.75) is 25.7 Å². The third kappa shape index (κ3) is 5.35. The maximum absolute atomic E-state index is 15.2. The molecule has 1 saturated carbocycles. The fourth-order valence-corrected chi connectivity index (χ4v) is 4.72. The Labute approximate surface area is 250 Å². The van der Waals surface area contributed by atoms with Gasteiger partial charge in [-0.15, -0.1) is 0 Å². The fraction of sp³-hybridized carbons (Fsp3) is 0.226. The van der Waals surface area contributed by atoms with E-state index in [1.165, 1.54) is 56.6 Å². The first-order valence-electron chi connectivity index (χ1n) is 13.6. The summed E-state index contributed by atoms with van der Waals surface area (Å²) in [4.78, 5) is 44.3. The molecule has 12 nitrogen and oxygen atoms in total. The molecule has 4 heterocycles. The average molecular weight is 599 g/mol. The van der Waals surface area contributed by atoms with Crippen LogP contribution in [0.3, 0.4) is 0 Å². The largest absolute Gasteiger partial charge is 0.491 e. The number of benzene rings is 1.